The standard InChI is InChI=1S/C14H11NO/c16-12-6-3-5-10(8-12)14-9-11-4-1-2-7-13(11)15-14/h1-9,15-16H. The van der Waals surface area contributed by atoms with Gasteiger partial charge in [0, 0.05) is 22.2 Å². The summed E-state index contributed by atoms with van der Waals surface area (Å²) in [5.41, 5.74) is 3.13. The highest BCUT2D eigenvalue weighted by Gasteiger charge is 2.02. The van der Waals surface area contributed by atoms with Crippen molar-refractivity contribution < 1.29 is 5.11 Å². The van der Waals surface area contributed by atoms with Gasteiger partial charge in [0.05, 0.1) is 0 Å². The first-order valence-electron chi connectivity index (χ1n) is 5.20. The molecule has 3 aromatic rings. The van der Waals surface area contributed by atoms with Crippen LogP contribution in [-0.4, -0.2) is 10.1 Å². The van der Waals surface area contributed by atoms with E-state index in [9.17, 15) is 5.11 Å². The molecule has 0 radical (unpaired) electrons. The van der Waals surface area contributed by atoms with Crippen molar-refractivity contribution in [1.82, 2.24) is 4.98 Å². The average molecular weight is 209 g/mol. The van der Waals surface area contributed by atoms with Crippen molar-refractivity contribution in [2.45, 2.75) is 0 Å². The van der Waals surface area contributed by atoms with Crippen LogP contribution in [0, 0.1) is 0 Å². The van der Waals surface area contributed by atoms with Gasteiger partial charge >= 0.3 is 0 Å². The zero-order chi connectivity index (χ0) is 11.0. The molecule has 78 valence electrons. The molecule has 16 heavy (non-hydrogen) atoms. The fourth-order valence-electron chi connectivity index (χ4n) is 1.90. The lowest BCUT2D eigenvalue weighted by Crippen LogP contribution is -1.75. The number of H-pyrrole nitrogens is 1. The number of aromatic hydroxyl groups is 1. The number of nitrogens with one attached hydrogen (secondary N) is 1. The topological polar surface area (TPSA) is 36.0 Å². The molecule has 2 N–H and O–H groups in total. The number of fused-ring (bicyclic) bond motifs is 1. The smallest absolute Gasteiger partial charge is 0.116 e. The van der Waals surface area contributed by atoms with Gasteiger partial charge in [0.1, 0.15) is 5.75 Å². The van der Waals surface area contributed by atoms with Crippen molar-refractivity contribution >= 4 is 10.9 Å². The molecule has 2 nitrogen and oxygen atoms in total. The Kier molecular flexibility index (Phi) is 1.93. The zero-order valence-electron chi connectivity index (χ0n) is 8.64. The number of benzene rings is 2. The van der Waals surface area contributed by atoms with Gasteiger partial charge < -0.3 is 10.1 Å². The van der Waals surface area contributed by atoms with E-state index in [1.54, 1.807) is 12.1 Å². The molecule has 1 heterocycles. The Bertz CT molecular complexity index is 607. The molecule has 0 unspecified atom stereocenters. The lowest BCUT2D eigenvalue weighted by molar-refractivity contribution is 0.475. The van der Waals surface area contributed by atoms with Gasteiger partial charge in [-0.2, -0.15) is 0 Å². The van der Waals surface area contributed by atoms with E-state index in [1.165, 1.54) is 5.39 Å². The van der Waals surface area contributed by atoms with Crippen molar-refractivity contribution in [1.29, 1.82) is 0 Å². The van der Waals surface area contributed by atoms with Crippen LogP contribution in [0.5, 0.6) is 5.75 Å². The van der Waals surface area contributed by atoms with Gasteiger partial charge in [0.15, 0.2) is 0 Å². The van der Waals surface area contributed by atoms with Crippen LogP contribution in [-0.2, 0) is 0 Å². The molecule has 0 aliphatic carbocycles. The number of aromatic amines is 1. The highest BCUT2D eigenvalue weighted by Crippen LogP contribution is 2.26. The molecular weight excluding hydrogens is 198 g/mol. The second-order valence-corrected chi connectivity index (χ2v) is 3.82. The van der Waals surface area contributed by atoms with Crippen LogP contribution in [0.15, 0.2) is 54.6 Å². The van der Waals surface area contributed by atoms with E-state index in [2.05, 4.69) is 17.1 Å². The maximum absolute atomic E-state index is 9.44. The number of hydrogen-bond acceptors (Lipinski definition) is 1. The molecule has 0 atom stereocenters. The molecule has 0 bridgehead atoms. The maximum Gasteiger partial charge on any atom is 0.116 e. The first kappa shape index (κ1) is 9.04. The molecule has 0 fully saturated rings. The average Bonchev–Trinajstić information content (AvgIpc) is 2.72. The summed E-state index contributed by atoms with van der Waals surface area (Å²) < 4.78 is 0. The van der Waals surface area contributed by atoms with Crippen LogP contribution >= 0.6 is 0 Å². The lowest BCUT2D eigenvalue weighted by atomic mass is 10.1. The fraction of sp³-hybridized carbons (Fsp3) is 0. The van der Waals surface area contributed by atoms with Crippen molar-refractivity contribution in [3.8, 4) is 17.0 Å². The van der Waals surface area contributed by atoms with Crippen LogP contribution in [0.1, 0.15) is 0 Å². The predicted octanol–water partition coefficient (Wildman–Crippen LogP) is 3.54. The van der Waals surface area contributed by atoms with Gasteiger partial charge in [-0.05, 0) is 24.3 Å². The van der Waals surface area contributed by atoms with Gasteiger partial charge in [-0.3, -0.25) is 0 Å². The molecule has 0 saturated heterocycles. The van der Waals surface area contributed by atoms with Crippen LogP contribution in [0.3, 0.4) is 0 Å². The molecular formula is C14H11NO. The summed E-state index contributed by atoms with van der Waals surface area (Å²) in [6.07, 6.45) is 0. The second kappa shape index (κ2) is 3.42. The highest BCUT2D eigenvalue weighted by atomic mass is 16.3. The largest absolute Gasteiger partial charge is 0.508 e. The Morgan fingerprint density at radius 3 is 2.56 bits per heavy atom. The molecule has 0 saturated carbocycles. The Labute approximate surface area is 93.2 Å². The van der Waals surface area contributed by atoms with Crippen molar-refractivity contribution in [3.63, 3.8) is 0 Å². The molecule has 0 spiro atoms. The minimum Gasteiger partial charge on any atom is -0.508 e. The first-order chi connectivity index (χ1) is 7.83. The summed E-state index contributed by atoms with van der Waals surface area (Å²) >= 11 is 0. The Morgan fingerprint density at radius 2 is 1.75 bits per heavy atom. The number of phenols is 1. The SMILES string of the molecule is Oc1cccc(-c2cc3ccccc3[nH]2)c1. The van der Waals surface area contributed by atoms with E-state index in [0.717, 1.165) is 16.8 Å². The Morgan fingerprint density at radius 1 is 0.875 bits per heavy atom. The summed E-state index contributed by atoms with van der Waals surface area (Å²) in [4.78, 5) is 3.33. The summed E-state index contributed by atoms with van der Waals surface area (Å²) in [5, 5.41) is 10.6. The van der Waals surface area contributed by atoms with Gasteiger partial charge in [-0.25, -0.2) is 0 Å². The normalized spacial score (nSPS) is 10.8. The molecule has 0 aliphatic rings. The quantitative estimate of drug-likeness (QED) is 0.631. The third-order valence-corrected chi connectivity index (χ3v) is 2.69. The van der Waals surface area contributed by atoms with Gasteiger partial charge in [-0.15, -0.1) is 0 Å². The summed E-state index contributed by atoms with van der Waals surface area (Å²) in [7, 11) is 0. The second-order valence-electron chi connectivity index (χ2n) is 3.82. The van der Waals surface area contributed by atoms with Crippen molar-refractivity contribution in [2.75, 3.05) is 0 Å². The number of phenolic OH excluding ortho intramolecular Hbond substituents is 1. The van der Waals surface area contributed by atoms with E-state index in [1.807, 2.05) is 30.3 Å². The third kappa shape index (κ3) is 1.44. The molecule has 0 aliphatic heterocycles. The minimum atomic E-state index is 0.288. The Balaban J connectivity index is 2.19. The first-order valence-corrected chi connectivity index (χ1v) is 5.20. The van der Waals surface area contributed by atoms with Crippen molar-refractivity contribution in [3.05, 3.63) is 54.6 Å². The van der Waals surface area contributed by atoms with E-state index in [4.69, 9.17) is 0 Å². The van der Waals surface area contributed by atoms with E-state index in [0.29, 0.717) is 0 Å². The maximum atomic E-state index is 9.44. The van der Waals surface area contributed by atoms with Gasteiger partial charge in [0.2, 0.25) is 0 Å². The zero-order valence-corrected chi connectivity index (χ0v) is 8.64. The number of aromatic nitrogens is 1. The van der Waals surface area contributed by atoms with Crippen LogP contribution in [0.4, 0.5) is 0 Å². The molecule has 2 heteroatoms. The third-order valence-electron chi connectivity index (χ3n) is 2.69. The van der Waals surface area contributed by atoms with Crippen LogP contribution in [0.2, 0.25) is 0 Å². The minimum absolute atomic E-state index is 0.288. The fourth-order valence-corrected chi connectivity index (χ4v) is 1.90. The molecule has 1 aromatic heterocycles. The highest BCUT2D eigenvalue weighted by molar-refractivity contribution is 5.85. The van der Waals surface area contributed by atoms with Crippen molar-refractivity contribution in [2.24, 2.45) is 0 Å². The van der Waals surface area contributed by atoms with Gasteiger partial charge in [0.25, 0.3) is 0 Å². The summed E-state index contributed by atoms with van der Waals surface area (Å²) in [6, 6.07) is 17.5. The number of hydrogen-bond donors (Lipinski definition) is 2. The Hall–Kier alpha value is -2.22. The predicted molar refractivity (Wildman–Crippen MR) is 65.4 cm³/mol. The van der Waals surface area contributed by atoms with E-state index < -0.39 is 0 Å². The summed E-state index contributed by atoms with van der Waals surface area (Å²) in [5.74, 6) is 0.288. The van der Waals surface area contributed by atoms with Crippen LogP contribution < -0.4 is 0 Å². The summed E-state index contributed by atoms with van der Waals surface area (Å²) in [6.45, 7) is 0. The van der Waals surface area contributed by atoms with Gasteiger partial charge in [-0.1, -0.05) is 30.3 Å². The molecule has 0 amide bonds. The van der Waals surface area contributed by atoms with E-state index in [-0.39, 0.29) is 5.75 Å². The molecule has 3 rings (SSSR count). The van der Waals surface area contributed by atoms with Crippen LogP contribution in [0.25, 0.3) is 22.2 Å². The lowest BCUT2D eigenvalue weighted by Gasteiger charge is -1.97. The molecule has 2 aromatic carbocycles. The van der Waals surface area contributed by atoms with E-state index >= 15 is 0 Å². The number of rotatable bonds is 1. The monoisotopic (exact) mass is 209 g/mol. The number of para-hydroxylation sites is 1.